The van der Waals surface area contributed by atoms with E-state index in [4.69, 9.17) is 4.74 Å². The largest absolute Gasteiger partial charge is 0.495 e. The summed E-state index contributed by atoms with van der Waals surface area (Å²) < 4.78 is 32.8. The van der Waals surface area contributed by atoms with Crippen LogP contribution >= 0.6 is 0 Å². The molecule has 0 radical (unpaired) electrons. The van der Waals surface area contributed by atoms with Crippen LogP contribution in [0.2, 0.25) is 0 Å². The number of sulfonamides is 1. The van der Waals surface area contributed by atoms with Crippen molar-refractivity contribution in [3.05, 3.63) is 43.0 Å². The van der Waals surface area contributed by atoms with Gasteiger partial charge in [-0.2, -0.15) is 0 Å². The zero-order chi connectivity index (χ0) is 19.7. The van der Waals surface area contributed by atoms with Crippen molar-refractivity contribution in [3.63, 3.8) is 0 Å². The summed E-state index contributed by atoms with van der Waals surface area (Å²) in [6, 6.07) is 6.93. The van der Waals surface area contributed by atoms with E-state index < -0.39 is 10.0 Å². The Morgan fingerprint density at radius 2 is 2.07 bits per heavy atom. The summed E-state index contributed by atoms with van der Waals surface area (Å²) >= 11 is 0. The molecule has 1 amide bonds. The Morgan fingerprint density at radius 1 is 1.30 bits per heavy atom. The minimum absolute atomic E-state index is 0.0888. The molecule has 1 N–H and O–H groups in total. The maximum Gasteiger partial charge on any atom is 0.232 e. The lowest BCUT2D eigenvalue weighted by molar-refractivity contribution is -0.121. The number of hydrogen-bond acceptors (Lipinski definition) is 5. The Morgan fingerprint density at radius 3 is 2.74 bits per heavy atom. The molecule has 0 unspecified atom stereocenters. The van der Waals surface area contributed by atoms with Gasteiger partial charge in [-0.3, -0.25) is 9.10 Å². The number of benzene rings is 1. The summed E-state index contributed by atoms with van der Waals surface area (Å²) in [7, 11) is -1.98. The monoisotopic (exact) mass is 394 g/mol. The molecule has 0 saturated carbocycles. The fraction of sp³-hybridized carbons (Fsp3) is 0.444. The van der Waals surface area contributed by atoms with Crippen LogP contribution in [0.15, 0.2) is 43.0 Å². The van der Waals surface area contributed by atoms with Crippen LogP contribution in [-0.4, -0.2) is 50.3 Å². The first-order valence-electron chi connectivity index (χ1n) is 8.75. The summed E-state index contributed by atoms with van der Waals surface area (Å²) in [5, 5.41) is 2.85. The van der Waals surface area contributed by atoms with E-state index in [9.17, 15) is 13.2 Å². The van der Waals surface area contributed by atoms with Crippen molar-refractivity contribution in [1.29, 1.82) is 0 Å². The number of methoxy groups -OCH3 is 1. The van der Waals surface area contributed by atoms with Crippen LogP contribution in [0.3, 0.4) is 0 Å². The SMILES string of the molecule is COc1ccccc1N(CCCC(=O)NCCCn1ccnc1)S(C)(=O)=O. The van der Waals surface area contributed by atoms with Crippen molar-refractivity contribution in [2.45, 2.75) is 25.8 Å². The van der Waals surface area contributed by atoms with Gasteiger partial charge in [-0.05, 0) is 25.0 Å². The number of nitrogens with zero attached hydrogens (tertiary/aromatic N) is 3. The van der Waals surface area contributed by atoms with Gasteiger partial charge in [0.25, 0.3) is 0 Å². The number of anilines is 1. The third-order valence-corrected chi connectivity index (χ3v) is 5.17. The zero-order valence-corrected chi connectivity index (χ0v) is 16.5. The highest BCUT2D eigenvalue weighted by Crippen LogP contribution is 2.29. The molecule has 0 aliphatic rings. The van der Waals surface area contributed by atoms with Gasteiger partial charge in [-0.15, -0.1) is 0 Å². The van der Waals surface area contributed by atoms with Crippen LogP contribution in [0, 0.1) is 0 Å². The number of para-hydroxylation sites is 2. The Balaban J connectivity index is 1.80. The third-order valence-electron chi connectivity index (χ3n) is 3.99. The van der Waals surface area contributed by atoms with Gasteiger partial charge in [-0.1, -0.05) is 12.1 Å². The second kappa shape index (κ2) is 9.96. The van der Waals surface area contributed by atoms with Gasteiger partial charge in [0.2, 0.25) is 15.9 Å². The molecule has 1 heterocycles. The summed E-state index contributed by atoms with van der Waals surface area (Å²) in [6.07, 6.45) is 7.95. The van der Waals surface area contributed by atoms with Crippen LogP contribution < -0.4 is 14.4 Å². The van der Waals surface area contributed by atoms with Crippen molar-refractivity contribution >= 4 is 21.6 Å². The molecule has 27 heavy (non-hydrogen) atoms. The number of amides is 1. The fourth-order valence-electron chi connectivity index (χ4n) is 2.68. The van der Waals surface area contributed by atoms with E-state index in [2.05, 4.69) is 10.3 Å². The molecule has 0 saturated heterocycles. The van der Waals surface area contributed by atoms with Gasteiger partial charge in [0.05, 0.1) is 25.4 Å². The first-order valence-corrected chi connectivity index (χ1v) is 10.6. The van der Waals surface area contributed by atoms with Crippen LogP contribution in [0.5, 0.6) is 5.75 Å². The van der Waals surface area contributed by atoms with E-state index in [0.29, 0.717) is 24.4 Å². The van der Waals surface area contributed by atoms with Crippen molar-refractivity contribution in [3.8, 4) is 5.75 Å². The van der Waals surface area contributed by atoms with Gasteiger partial charge in [0.15, 0.2) is 0 Å². The molecule has 1 aromatic heterocycles. The Hall–Kier alpha value is -2.55. The number of carbonyl (C=O) groups is 1. The molecule has 8 nitrogen and oxygen atoms in total. The average Bonchev–Trinajstić information content (AvgIpc) is 3.15. The molecule has 0 spiro atoms. The van der Waals surface area contributed by atoms with Crippen LogP contribution in [-0.2, 0) is 21.4 Å². The number of hydrogen-bond donors (Lipinski definition) is 1. The molecule has 0 aliphatic carbocycles. The van der Waals surface area contributed by atoms with E-state index in [1.165, 1.54) is 11.4 Å². The smallest absolute Gasteiger partial charge is 0.232 e. The first-order chi connectivity index (χ1) is 12.9. The number of imidazole rings is 1. The quantitative estimate of drug-likeness (QED) is 0.585. The molecular formula is C18H26N4O4S. The van der Waals surface area contributed by atoms with E-state index in [0.717, 1.165) is 19.2 Å². The van der Waals surface area contributed by atoms with Gasteiger partial charge >= 0.3 is 0 Å². The van der Waals surface area contributed by atoms with Crippen LogP contribution in [0.25, 0.3) is 0 Å². The lowest BCUT2D eigenvalue weighted by atomic mass is 10.2. The number of rotatable bonds is 11. The zero-order valence-electron chi connectivity index (χ0n) is 15.7. The van der Waals surface area contributed by atoms with E-state index in [-0.39, 0.29) is 18.9 Å². The number of nitrogens with one attached hydrogen (secondary N) is 1. The minimum Gasteiger partial charge on any atom is -0.495 e. The maximum atomic E-state index is 12.2. The molecule has 1 aromatic carbocycles. The Kier molecular flexibility index (Phi) is 7.66. The van der Waals surface area contributed by atoms with Gasteiger partial charge < -0.3 is 14.6 Å². The summed E-state index contributed by atoms with van der Waals surface area (Å²) in [5.41, 5.74) is 0.475. The average molecular weight is 394 g/mol. The lowest BCUT2D eigenvalue weighted by Gasteiger charge is -2.24. The van der Waals surface area contributed by atoms with Crippen LogP contribution in [0.1, 0.15) is 19.3 Å². The van der Waals surface area contributed by atoms with Crippen molar-refractivity contribution in [2.75, 3.05) is 30.8 Å². The second-order valence-electron chi connectivity index (χ2n) is 6.11. The number of ether oxygens (including phenoxy) is 1. The molecule has 9 heteroatoms. The van der Waals surface area contributed by atoms with Crippen molar-refractivity contribution < 1.29 is 17.9 Å². The normalized spacial score (nSPS) is 11.2. The number of carbonyl (C=O) groups excluding carboxylic acids is 1. The van der Waals surface area contributed by atoms with E-state index >= 15 is 0 Å². The predicted octanol–water partition coefficient (Wildman–Crippen LogP) is 1.64. The molecular weight excluding hydrogens is 368 g/mol. The first kappa shape index (κ1) is 20.8. The minimum atomic E-state index is -3.48. The Bertz CT molecular complexity index is 822. The fourth-order valence-corrected chi connectivity index (χ4v) is 3.65. The maximum absolute atomic E-state index is 12.2. The molecule has 0 atom stereocenters. The molecule has 2 aromatic rings. The number of aromatic nitrogens is 2. The third kappa shape index (κ3) is 6.59. The lowest BCUT2D eigenvalue weighted by Crippen LogP contribution is -2.32. The number of aryl methyl sites for hydroxylation is 1. The van der Waals surface area contributed by atoms with E-state index in [1.54, 1.807) is 36.8 Å². The second-order valence-corrected chi connectivity index (χ2v) is 8.02. The van der Waals surface area contributed by atoms with Gasteiger partial charge in [-0.25, -0.2) is 13.4 Å². The van der Waals surface area contributed by atoms with Crippen molar-refractivity contribution in [2.24, 2.45) is 0 Å². The highest BCUT2D eigenvalue weighted by molar-refractivity contribution is 7.92. The highest BCUT2D eigenvalue weighted by atomic mass is 32.2. The molecule has 2 rings (SSSR count). The molecule has 0 bridgehead atoms. The summed E-state index contributed by atoms with van der Waals surface area (Å²) in [4.78, 5) is 15.9. The summed E-state index contributed by atoms with van der Waals surface area (Å²) in [5.74, 6) is 0.390. The van der Waals surface area contributed by atoms with Gasteiger partial charge in [0.1, 0.15) is 5.75 Å². The standard InChI is InChI=1S/C18H26N4O4S/c1-26-17-8-4-3-7-16(17)22(27(2,24)25)13-5-9-18(23)20-10-6-12-21-14-11-19-15-21/h3-4,7-8,11,14-15H,5-6,9-10,12-13H2,1-2H3,(H,20,23). The van der Waals surface area contributed by atoms with Crippen LogP contribution in [0.4, 0.5) is 5.69 Å². The molecule has 0 aliphatic heterocycles. The van der Waals surface area contributed by atoms with Gasteiger partial charge in [0, 0.05) is 38.4 Å². The van der Waals surface area contributed by atoms with E-state index in [1.807, 2.05) is 10.8 Å². The van der Waals surface area contributed by atoms with Crippen molar-refractivity contribution in [1.82, 2.24) is 14.9 Å². The Labute approximate surface area is 160 Å². The molecule has 0 fully saturated rings. The topological polar surface area (TPSA) is 93.5 Å². The molecule has 148 valence electrons. The predicted molar refractivity (Wildman–Crippen MR) is 104 cm³/mol. The summed E-state index contributed by atoms with van der Waals surface area (Å²) in [6.45, 7) is 1.57. The highest BCUT2D eigenvalue weighted by Gasteiger charge is 2.20.